The Hall–Kier alpha value is -1.93. The third kappa shape index (κ3) is 5.29. The number of benzene rings is 2. The number of hydrogen-bond donors (Lipinski definition) is 2. The molecule has 2 aromatic carbocycles. The minimum absolute atomic E-state index is 0. The number of sulfonamides is 1. The van der Waals surface area contributed by atoms with E-state index in [0.29, 0.717) is 12.1 Å². The van der Waals surface area contributed by atoms with Crippen molar-refractivity contribution in [1.82, 2.24) is 14.9 Å². The van der Waals surface area contributed by atoms with Gasteiger partial charge in [0.15, 0.2) is 0 Å². The smallest absolute Gasteiger partial charge is 0.254 e. The standard InChI is InChI=1S/C19H23N3O3S.ClH/c1-15-13-20-10-11-22(15)19(23)17-8-5-9-18(12-17)26(24,25)21-14-16-6-3-2-4-7-16;/h2-9,12,15,20-21H,10-11,13-14H2,1H3;1H. The second-order valence-corrected chi connectivity index (χ2v) is 8.16. The van der Waals surface area contributed by atoms with Crippen molar-refractivity contribution >= 4 is 28.3 Å². The van der Waals surface area contributed by atoms with E-state index in [9.17, 15) is 13.2 Å². The van der Waals surface area contributed by atoms with E-state index in [1.54, 1.807) is 17.0 Å². The van der Waals surface area contributed by atoms with Gasteiger partial charge in [-0.15, -0.1) is 12.4 Å². The fraction of sp³-hybridized carbons (Fsp3) is 0.316. The lowest BCUT2D eigenvalue weighted by molar-refractivity contribution is 0.0655. The van der Waals surface area contributed by atoms with Gasteiger partial charge in [-0.3, -0.25) is 4.79 Å². The van der Waals surface area contributed by atoms with Crippen molar-refractivity contribution < 1.29 is 13.2 Å². The van der Waals surface area contributed by atoms with Gasteiger partial charge in [0.2, 0.25) is 10.0 Å². The number of nitrogens with one attached hydrogen (secondary N) is 2. The van der Waals surface area contributed by atoms with Crippen LogP contribution in [0.15, 0.2) is 59.5 Å². The summed E-state index contributed by atoms with van der Waals surface area (Å²) in [5, 5.41) is 3.24. The van der Waals surface area contributed by atoms with Crippen LogP contribution in [0.1, 0.15) is 22.8 Å². The molecule has 1 fully saturated rings. The highest BCUT2D eigenvalue weighted by molar-refractivity contribution is 7.89. The first kappa shape index (κ1) is 21.4. The molecule has 0 aliphatic carbocycles. The van der Waals surface area contributed by atoms with Gasteiger partial charge in [0, 0.05) is 37.8 Å². The summed E-state index contributed by atoms with van der Waals surface area (Å²) in [6.07, 6.45) is 0. The van der Waals surface area contributed by atoms with E-state index in [4.69, 9.17) is 0 Å². The van der Waals surface area contributed by atoms with E-state index in [1.807, 2.05) is 37.3 Å². The van der Waals surface area contributed by atoms with Crippen LogP contribution in [0, 0.1) is 0 Å². The molecule has 1 heterocycles. The molecule has 0 saturated carbocycles. The normalized spacial score (nSPS) is 17.2. The number of amides is 1. The van der Waals surface area contributed by atoms with Crippen LogP contribution in [-0.2, 0) is 16.6 Å². The molecule has 0 radical (unpaired) electrons. The van der Waals surface area contributed by atoms with Crippen molar-refractivity contribution in [2.45, 2.75) is 24.4 Å². The number of hydrogen-bond acceptors (Lipinski definition) is 4. The van der Waals surface area contributed by atoms with E-state index < -0.39 is 10.0 Å². The quantitative estimate of drug-likeness (QED) is 0.791. The topological polar surface area (TPSA) is 78.5 Å². The summed E-state index contributed by atoms with van der Waals surface area (Å²) < 4.78 is 27.7. The molecule has 1 aliphatic rings. The maximum atomic E-state index is 12.8. The third-order valence-electron chi connectivity index (χ3n) is 4.46. The molecule has 6 nitrogen and oxygen atoms in total. The Morgan fingerprint density at radius 3 is 2.63 bits per heavy atom. The minimum Gasteiger partial charge on any atom is -0.333 e. The molecule has 0 bridgehead atoms. The van der Waals surface area contributed by atoms with Gasteiger partial charge < -0.3 is 10.2 Å². The second kappa shape index (κ2) is 9.32. The van der Waals surface area contributed by atoms with Gasteiger partial charge in [-0.2, -0.15) is 0 Å². The molecule has 2 N–H and O–H groups in total. The Kier molecular flexibility index (Phi) is 7.38. The van der Waals surface area contributed by atoms with Crippen LogP contribution < -0.4 is 10.0 Å². The van der Waals surface area contributed by atoms with Crippen molar-refractivity contribution in [2.75, 3.05) is 19.6 Å². The van der Waals surface area contributed by atoms with Crippen LogP contribution in [0.3, 0.4) is 0 Å². The first-order valence-electron chi connectivity index (χ1n) is 8.63. The molecular weight excluding hydrogens is 386 g/mol. The van der Waals surface area contributed by atoms with Crippen LogP contribution in [0.4, 0.5) is 0 Å². The van der Waals surface area contributed by atoms with E-state index in [-0.39, 0.29) is 35.8 Å². The minimum atomic E-state index is -3.69. The zero-order valence-corrected chi connectivity index (χ0v) is 16.7. The molecule has 3 rings (SSSR count). The largest absolute Gasteiger partial charge is 0.333 e. The third-order valence-corrected chi connectivity index (χ3v) is 5.86. The molecule has 1 saturated heterocycles. The lowest BCUT2D eigenvalue weighted by atomic mass is 10.1. The zero-order valence-electron chi connectivity index (χ0n) is 15.1. The molecule has 0 spiro atoms. The molecular formula is C19H24ClN3O3S. The average Bonchev–Trinajstić information content (AvgIpc) is 2.67. The molecule has 1 amide bonds. The van der Waals surface area contributed by atoms with Gasteiger partial charge in [-0.05, 0) is 30.7 Å². The van der Waals surface area contributed by atoms with Gasteiger partial charge in [0.1, 0.15) is 0 Å². The lowest BCUT2D eigenvalue weighted by Crippen LogP contribution is -2.52. The van der Waals surface area contributed by atoms with Crippen molar-refractivity contribution in [3.63, 3.8) is 0 Å². The SMILES string of the molecule is CC1CNCCN1C(=O)c1cccc(S(=O)(=O)NCc2ccccc2)c1.Cl. The van der Waals surface area contributed by atoms with Gasteiger partial charge in [0.25, 0.3) is 5.91 Å². The van der Waals surface area contributed by atoms with E-state index >= 15 is 0 Å². The average molecular weight is 410 g/mol. The Balaban J connectivity index is 0.00000261. The summed E-state index contributed by atoms with van der Waals surface area (Å²) in [5.74, 6) is -0.140. The predicted octanol–water partition coefficient (Wildman–Crippen LogP) is 2.02. The van der Waals surface area contributed by atoms with Crippen LogP contribution in [0.2, 0.25) is 0 Å². The highest BCUT2D eigenvalue weighted by Gasteiger charge is 2.25. The molecule has 0 aromatic heterocycles. The number of piperazine rings is 1. The van der Waals surface area contributed by atoms with Gasteiger partial charge in [0.05, 0.1) is 4.90 Å². The molecule has 1 atom stereocenters. The Labute approximate surface area is 166 Å². The van der Waals surface area contributed by atoms with E-state index in [1.165, 1.54) is 12.1 Å². The molecule has 146 valence electrons. The molecule has 8 heteroatoms. The van der Waals surface area contributed by atoms with Gasteiger partial charge in [-0.25, -0.2) is 13.1 Å². The Morgan fingerprint density at radius 1 is 1.19 bits per heavy atom. The van der Waals surface area contributed by atoms with Crippen molar-refractivity contribution in [1.29, 1.82) is 0 Å². The van der Waals surface area contributed by atoms with Gasteiger partial charge in [-0.1, -0.05) is 36.4 Å². The summed E-state index contributed by atoms with van der Waals surface area (Å²) in [5.41, 5.74) is 1.26. The first-order chi connectivity index (χ1) is 12.5. The molecule has 27 heavy (non-hydrogen) atoms. The first-order valence-corrected chi connectivity index (χ1v) is 10.1. The maximum Gasteiger partial charge on any atom is 0.254 e. The lowest BCUT2D eigenvalue weighted by Gasteiger charge is -2.34. The fourth-order valence-corrected chi connectivity index (χ4v) is 4.03. The Morgan fingerprint density at radius 2 is 1.93 bits per heavy atom. The van der Waals surface area contributed by atoms with Crippen molar-refractivity contribution in [3.8, 4) is 0 Å². The van der Waals surface area contributed by atoms with Crippen LogP contribution in [-0.4, -0.2) is 44.9 Å². The number of rotatable bonds is 5. The van der Waals surface area contributed by atoms with Gasteiger partial charge >= 0.3 is 0 Å². The second-order valence-electron chi connectivity index (χ2n) is 6.39. The van der Waals surface area contributed by atoms with E-state index in [0.717, 1.165) is 18.7 Å². The number of nitrogens with zero attached hydrogens (tertiary/aromatic N) is 1. The van der Waals surface area contributed by atoms with Crippen LogP contribution in [0.25, 0.3) is 0 Å². The van der Waals surface area contributed by atoms with E-state index in [2.05, 4.69) is 10.0 Å². The highest BCUT2D eigenvalue weighted by atomic mass is 35.5. The van der Waals surface area contributed by atoms with Crippen molar-refractivity contribution in [3.05, 3.63) is 65.7 Å². The maximum absolute atomic E-state index is 12.8. The fourth-order valence-electron chi connectivity index (χ4n) is 2.96. The highest BCUT2D eigenvalue weighted by Crippen LogP contribution is 2.16. The van der Waals surface area contributed by atoms with Crippen LogP contribution in [0.5, 0.6) is 0 Å². The summed E-state index contributed by atoms with van der Waals surface area (Å²) in [6.45, 7) is 4.28. The number of halogens is 1. The number of carbonyl (C=O) groups is 1. The summed E-state index contributed by atoms with van der Waals surface area (Å²) in [4.78, 5) is 14.6. The molecule has 2 aromatic rings. The zero-order chi connectivity index (χ0) is 18.6. The number of carbonyl (C=O) groups excluding carboxylic acids is 1. The summed E-state index contributed by atoms with van der Waals surface area (Å²) >= 11 is 0. The molecule has 1 aliphatic heterocycles. The Bertz CT molecular complexity index is 875. The summed E-state index contributed by atoms with van der Waals surface area (Å²) in [7, 11) is -3.69. The van der Waals surface area contributed by atoms with Crippen molar-refractivity contribution in [2.24, 2.45) is 0 Å². The predicted molar refractivity (Wildman–Crippen MR) is 108 cm³/mol. The summed E-state index contributed by atoms with van der Waals surface area (Å²) in [6, 6.07) is 15.6. The monoisotopic (exact) mass is 409 g/mol. The molecule has 1 unspecified atom stereocenters. The van der Waals surface area contributed by atoms with Crippen LogP contribution >= 0.6 is 12.4 Å².